The van der Waals surface area contributed by atoms with Crippen LogP contribution in [0.1, 0.15) is 53.4 Å². The molecular weight excluding hydrogens is 216 g/mol. The summed E-state index contributed by atoms with van der Waals surface area (Å²) in [5, 5.41) is 10.8. The lowest BCUT2D eigenvalue weighted by atomic mass is 9.61. The third-order valence-corrected chi connectivity index (χ3v) is 3.93. The maximum absolute atomic E-state index is 11.8. The average molecular weight is 242 g/mol. The second-order valence-corrected chi connectivity index (χ2v) is 6.44. The number of rotatable bonds is 3. The van der Waals surface area contributed by atoms with Crippen LogP contribution in [-0.4, -0.2) is 23.8 Å². The molecule has 0 aromatic rings. The van der Waals surface area contributed by atoms with Crippen molar-refractivity contribution in [3.05, 3.63) is 0 Å². The van der Waals surface area contributed by atoms with E-state index in [1.807, 2.05) is 6.92 Å². The molecule has 0 aromatic carbocycles. The predicted octanol–water partition coefficient (Wildman–Crippen LogP) is 2.76. The lowest BCUT2D eigenvalue weighted by molar-refractivity contribution is -0.164. The standard InChI is InChI=1S/C14H26O3/c1-6-11(12(15)17-5)14(16)8-10(2)7-13(3,4)9-14/h10-11,16H,6-9H2,1-5H3. The number of hydrogen-bond donors (Lipinski definition) is 1. The Morgan fingerprint density at radius 2 is 2.06 bits per heavy atom. The molecule has 0 spiro atoms. The minimum absolute atomic E-state index is 0.0911. The lowest BCUT2D eigenvalue weighted by Crippen LogP contribution is -2.50. The van der Waals surface area contributed by atoms with Gasteiger partial charge in [-0.15, -0.1) is 0 Å². The third kappa shape index (κ3) is 3.21. The molecule has 0 aromatic heterocycles. The molecular formula is C14H26O3. The van der Waals surface area contributed by atoms with Crippen LogP contribution >= 0.6 is 0 Å². The SMILES string of the molecule is CCC(C(=O)OC)C1(O)CC(C)CC(C)(C)C1. The van der Waals surface area contributed by atoms with Gasteiger partial charge in [0.15, 0.2) is 0 Å². The van der Waals surface area contributed by atoms with Gasteiger partial charge in [-0.2, -0.15) is 0 Å². The fraction of sp³-hybridized carbons (Fsp3) is 0.929. The van der Waals surface area contributed by atoms with Gasteiger partial charge >= 0.3 is 5.97 Å². The largest absolute Gasteiger partial charge is 0.469 e. The zero-order valence-corrected chi connectivity index (χ0v) is 11.7. The molecule has 3 atom stereocenters. The first-order valence-electron chi connectivity index (χ1n) is 6.54. The van der Waals surface area contributed by atoms with E-state index in [9.17, 15) is 9.90 Å². The van der Waals surface area contributed by atoms with Gasteiger partial charge in [-0.05, 0) is 37.0 Å². The van der Waals surface area contributed by atoms with Crippen molar-refractivity contribution >= 4 is 5.97 Å². The number of aliphatic hydroxyl groups is 1. The fourth-order valence-corrected chi connectivity index (χ4v) is 3.77. The Kier molecular flexibility index (Phi) is 4.23. The zero-order valence-electron chi connectivity index (χ0n) is 11.7. The summed E-state index contributed by atoms with van der Waals surface area (Å²) in [6.45, 7) is 8.41. The second kappa shape index (κ2) is 4.97. The van der Waals surface area contributed by atoms with Crippen molar-refractivity contribution in [2.24, 2.45) is 17.3 Å². The van der Waals surface area contributed by atoms with Crippen LogP contribution in [0.5, 0.6) is 0 Å². The van der Waals surface area contributed by atoms with Crippen molar-refractivity contribution < 1.29 is 14.6 Å². The van der Waals surface area contributed by atoms with E-state index in [2.05, 4.69) is 20.8 Å². The average Bonchev–Trinajstić information content (AvgIpc) is 2.13. The molecule has 17 heavy (non-hydrogen) atoms. The summed E-state index contributed by atoms with van der Waals surface area (Å²) in [6.07, 6.45) is 3.11. The molecule has 3 unspecified atom stereocenters. The van der Waals surface area contributed by atoms with Crippen molar-refractivity contribution in [2.75, 3.05) is 7.11 Å². The third-order valence-electron chi connectivity index (χ3n) is 3.93. The van der Waals surface area contributed by atoms with Gasteiger partial charge in [0.1, 0.15) is 0 Å². The maximum atomic E-state index is 11.8. The monoisotopic (exact) mass is 242 g/mol. The number of hydrogen-bond acceptors (Lipinski definition) is 3. The van der Waals surface area contributed by atoms with E-state index in [1.54, 1.807) is 0 Å². The van der Waals surface area contributed by atoms with Gasteiger partial charge in [0, 0.05) is 0 Å². The Hall–Kier alpha value is -0.570. The lowest BCUT2D eigenvalue weighted by Gasteiger charge is -2.47. The van der Waals surface area contributed by atoms with Gasteiger partial charge in [0.05, 0.1) is 18.6 Å². The summed E-state index contributed by atoms with van der Waals surface area (Å²) in [6, 6.07) is 0. The Labute approximate surface area is 105 Å². The van der Waals surface area contributed by atoms with Crippen LogP contribution in [0.2, 0.25) is 0 Å². The molecule has 0 saturated heterocycles. The second-order valence-electron chi connectivity index (χ2n) is 6.44. The smallest absolute Gasteiger partial charge is 0.311 e. The Morgan fingerprint density at radius 1 is 1.47 bits per heavy atom. The van der Waals surface area contributed by atoms with Gasteiger partial charge in [0.2, 0.25) is 0 Å². The zero-order chi connectivity index (χ0) is 13.3. The molecule has 100 valence electrons. The van der Waals surface area contributed by atoms with E-state index >= 15 is 0 Å². The molecule has 1 N–H and O–H groups in total. The molecule has 1 aliphatic carbocycles. The number of ether oxygens (including phenoxy) is 1. The van der Waals surface area contributed by atoms with Crippen LogP contribution in [-0.2, 0) is 9.53 Å². The molecule has 3 nitrogen and oxygen atoms in total. The first kappa shape index (κ1) is 14.5. The molecule has 0 radical (unpaired) electrons. The summed E-state index contributed by atoms with van der Waals surface area (Å²) in [7, 11) is 1.39. The summed E-state index contributed by atoms with van der Waals surface area (Å²) < 4.78 is 4.83. The van der Waals surface area contributed by atoms with Crippen LogP contribution in [0.4, 0.5) is 0 Å². The van der Waals surface area contributed by atoms with Crippen LogP contribution in [0.3, 0.4) is 0 Å². The summed E-state index contributed by atoms with van der Waals surface area (Å²) in [5.41, 5.74) is -0.809. The minimum atomic E-state index is -0.900. The molecule has 1 aliphatic rings. The fourth-order valence-electron chi connectivity index (χ4n) is 3.77. The Morgan fingerprint density at radius 3 is 2.47 bits per heavy atom. The highest BCUT2D eigenvalue weighted by Crippen LogP contribution is 2.47. The number of esters is 1. The van der Waals surface area contributed by atoms with E-state index in [1.165, 1.54) is 7.11 Å². The highest BCUT2D eigenvalue weighted by molar-refractivity contribution is 5.73. The molecule has 0 heterocycles. The van der Waals surface area contributed by atoms with Crippen LogP contribution in [0.25, 0.3) is 0 Å². The van der Waals surface area contributed by atoms with E-state index < -0.39 is 11.5 Å². The van der Waals surface area contributed by atoms with Gasteiger partial charge < -0.3 is 9.84 Å². The molecule has 1 fully saturated rings. The molecule has 1 rings (SSSR count). The first-order chi connectivity index (χ1) is 7.74. The molecule has 1 saturated carbocycles. The predicted molar refractivity (Wildman–Crippen MR) is 67.5 cm³/mol. The van der Waals surface area contributed by atoms with Gasteiger partial charge in [0.25, 0.3) is 0 Å². The van der Waals surface area contributed by atoms with Crippen molar-refractivity contribution in [3.63, 3.8) is 0 Å². The number of methoxy groups -OCH3 is 1. The summed E-state index contributed by atoms with van der Waals surface area (Å²) >= 11 is 0. The van der Waals surface area contributed by atoms with Gasteiger partial charge in [-0.3, -0.25) is 4.79 Å². The van der Waals surface area contributed by atoms with Gasteiger partial charge in [-0.25, -0.2) is 0 Å². The number of carbonyl (C=O) groups is 1. The van der Waals surface area contributed by atoms with E-state index in [-0.39, 0.29) is 11.4 Å². The first-order valence-corrected chi connectivity index (χ1v) is 6.54. The topological polar surface area (TPSA) is 46.5 Å². The molecule has 0 aliphatic heterocycles. The Bertz CT molecular complexity index is 285. The summed E-state index contributed by atoms with van der Waals surface area (Å²) in [4.78, 5) is 11.8. The highest BCUT2D eigenvalue weighted by Gasteiger charge is 2.48. The van der Waals surface area contributed by atoms with E-state index in [0.717, 1.165) is 6.42 Å². The van der Waals surface area contributed by atoms with Gasteiger partial charge in [-0.1, -0.05) is 27.7 Å². The minimum Gasteiger partial charge on any atom is -0.469 e. The van der Waals surface area contributed by atoms with E-state index in [4.69, 9.17) is 4.74 Å². The van der Waals surface area contributed by atoms with Crippen LogP contribution < -0.4 is 0 Å². The molecule has 3 heteroatoms. The van der Waals surface area contributed by atoms with Crippen LogP contribution in [0.15, 0.2) is 0 Å². The van der Waals surface area contributed by atoms with Crippen molar-refractivity contribution in [3.8, 4) is 0 Å². The van der Waals surface area contributed by atoms with Crippen LogP contribution in [0, 0.1) is 17.3 Å². The summed E-state index contributed by atoms with van der Waals surface area (Å²) in [5.74, 6) is -0.225. The van der Waals surface area contributed by atoms with E-state index in [0.29, 0.717) is 25.2 Å². The normalized spacial score (nSPS) is 34.1. The maximum Gasteiger partial charge on any atom is 0.311 e. The van der Waals surface area contributed by atoms with Crippen molar-refractivity contribution in [2.45, 2.75) is 59.0 Å². The highest BCUT2D eigenvalue weighted by atomic mass is 16.5. The quantitative estimate of drug-likeness (QED) is 0.774. The number of carbonyl (C=O) groups excluding carboxylic acids is 1. The van der Waals surface area contributed by atoms with Crippen molar-refractivity contribution in [1.29, 1.82) is 0 Å². The molecule has 0 bridgehead atoms. The Balaban J connectivity index is 2.94. The molecule has 0 amide bonds. The van der Waals surface area contributed by atoms with Crippen molar-refractivity contribution in [1.82, 2.24) is 0 Å².